The van der Waals surface area contributed by atoms with Crippen LogP contribution in [0.15, 0.2) is 24.4 Å². The van der Waals surface area contributed by atoms with E-state index >= 15 is 0 Å². The number of alkyl carbamates (subject to hydrolysis) is 1. The van der Waals surface area contributed by atoms with Crippen LogP contribution in [0.2, 0.25) is 0 Å². The lowest BCUT2D eigenvalue weighted by Gasteiger charge is -2.18. The normalized spacial score (nSPS) is 13.9. The highest BCUT2D eigenvalue weighted by atomic mass is 32.1. The molecule has 0 bridgehead atoms. The van der Waals surface area contributed by atoms with Crippen LogP contribution in [0.5, 0.6) is 0 Å². The van der Waals surface area contributed by atoms with Crippen molar-refractivity contribution in [1.82, 2.24) is 10.3 Å². The van der Waals surface area contributed by atoms with Gasteiger partial charge in [0.15, 0.2) is 0 Å². The number of hydrogen-bond donors (Lipinski definition) is 3. The van der Waals surface area contributed by atoms with E-state index in [4.69, 9.17) is 5.73 Å². The minimum absolute atomic E-state index is 0.0325. The van der Waals surface area contributed by atoms with Gasteiger partial charge in [-0.15, -0.1) is 11.3 Å². The van der Waals surface area contributed by atoms with Crippen LogP contribution in [-0.2, 0) is 9.53 Å². The molecule has 30 heavy (non-hydrogen) atoms. The Hall–Kier alpha value is -2.61. The van der Waals surface area contributed by atoms with E-state index < -0.39 is 0 Å². The zero-order valence-corrected chi connectivity index (χ0v) is 19.0. The van der Waals surface area contributed by atoms with Crippen LogP contribution in [0, 0.1) is 0 Å². The third-order valence-electron chi connectivity index (χ3n) is 4.66. The molecule has 1 fully saturated rings. The quantitative estimate of drug-likeness (QED) is 0.579. The summed E-state index contributed by atoms with van der Waals surface area (Å²) in [6.45, 7) is 5.09. The number of nitrogens with zero attached hydrogens (tertiary/aromatic N) is 1. The lowest BCUT2D eigenvalue weighted by molar-refractivity contribution is -0.114. The van der Waals surface area contributed by atoms with Gasteiger partial charge >= 0.3 is 6.09 Å². The number of benzene rings is 1. The molecule has 0 aliphatic heterocycles. The van der Waals surface area contributed by atoms with Gasteiger partial charge in [-0.2, -0.15) is 0 Å². The van der Waals surface area contributed by atoms with E-state index in [1.807, 2.05) is 18.3 Å². The van der Waals surface area contributed by atoms with Crippen molar-refractivity contribution in [2.75, 3.05) is 18.1 Å². The number of anilines is 2. The largest absolute Gasteiger partial charge is 0.447 e. The molecule has 1 aromatic heterocycles. The maximum absolute atomic E-state index is 11.1. The van der Waals surface area contributed by atoms with Gasteiger partial charge in [-0.25, -0.2) is 9.78 Å². The molecule has 4 N–H and O–H groups in total. The van der Waals surface area contributed by atoms with E-state index in [-0.39, 0.29) is 18.1 Å². The molecule has 1 aliphatic carbocycles. The van der Waals surface area contributed by atoms with Crippen LogP contribution in [-0.4, -0.2) is 30.1 Å². The average Bonchev–Trinajstić information content (AvgIpc) is 3.18. The summed E-state index contributed by atoms with van der Waals surface area (Å²) < 4.78 is 4.65. The molecule has 1 heterocycles. The highest BCUT2D eigenvalue weighted by Gasteiger charge is 2.19. The predicted molar refractivity (Wildman–Crippen MR) is 123 cm³/mol. The Bertz CT molecular complexity index is 845. The Labute approximate surface area is 182 Å². The topological polar surface area (TPSA) is 106 Å². The third-order valence-corrected chi connectivity index (χ3v) is 5.86. The zero-order valence-electron chi connectivity index (χ0n) is 18.2. The van der Waals surface area contributed by atoms with E-state index in [9.17, 15) is 9.59 Å². The molecule has 1 aliphatic rings. The van der Waals surface area contributed by atoms with Gasteiger partial charge in [0.2, 0.25) is 5.91 Å². The van der Waals surface area contributed by atoms with Gasteiger partial charge in [-0.1, -0.05) is 19.3 Å². The van der Waals surface area contributed by atoms with E-state index in [0.717, 1.165) is 16.1 Å². The summed E-state index contributed by atoms with van der Waals surface area (Å²) in [4.78, 5) is 27.1. The molecule has 2 amide bonds. The molecule has 0 saturated heterocycles. The number of rotatable bonds is 4. The Balaban J connectivity index is 0.000000343. The summed E-state index contributed by atoms with van der Waals surface area (Å²) in [5, 5.41) is 6.32. The van der Waals surface area contributed by atoms with Gasteiger partial charge in [-0.3, -0.25) is 4.79 Å². The van der Waals surface area contributed by atoms with Crippen LogP contribution >= 0.6 is 11.3 Å². The minimum atomic E-state index is -0.375. The van der Waals surface area contributed by atoms with Crippen LogP contribution in [0.3, 0.4) is 0 Å². The van der Waals surface area contributed by atoms with Crippen molar-refractivity contribution in [3.05, 3.63) is 29.4 Å². The maximum atomic E-state index is 11.1. The average molecular weight is 433 g/mol. The molecular formula is C22H32N4O3S. The molecule has 0 spiro atoms. The van der Waals surface area contributed by atoms with Gasteiger partial charge in [0.05, 0.1) is 16.0 Å². The number of aromatic nitrogens is 1. The number of carbonyl (C=O) groups excluding carboxylic acids is 2. The first-order valence-corrected chi connectivity index (χ1v) is 11.1. The minimum Gasteiger partial charge on any atom is -0.447 e. The Morgan fingerprint density at radius 2 is 1.93 bits per heavy atom. The fraction of sp³-hybridized carbons (Fsp3) is 0.500. The smallest absolute Gasteiger partial charge is 0.407 e. The molecule has 164 valence electrons. The van der Waals surface area contributed by atoms with Crippen molar-refractivity contribution in [2.45, 2.75) is 64.9 Å². The van der Waals surface area contributed by atoms with Gasteiger partial charge < -0.3 is 21.1 Å². The summed E-state index contributed by atoms with van der Waals surface area (Å²) >= 11 is 1.75. The van der Waals surface area contributed by atoms with E-state index in [1.54, 1.807) is 31.3 Å². The van der Waals surface area contributed by atoms with Crippen LogP contribution in [0.25, 0.3) is 10.4 Å². The molecule has 8 heteroatoms. The number of amides is 2. The molecule has 3 rings (SSSR count). The summed E-state index contributed by atoms with van der Waals surface area (Å²) in [5.74, 6) is 0.525. The van der Waals surface area contributed by atoms with Crippen LogP contribution in [0.1, 0.15) is 63.8 Å². The van der Waals surface area contributed by atoms with E-state index in [2.05, 4.69) is 20.4 Å². The predicted octanol–water partition coefficient (Wildman–Crippen LogP) is 5.15. The summed E-state index contributed by atoms with van der Waals surface area (Å²) in [6.07, 6.45) is 8.01. The second kappa shape index (κ2) is 11.5. The second-order valence-corrected chi connectivity index (χ2v) is 8.65. The maximum Gasteiger partial charge on any atom is 0.407 e. The second-order valence-electron chi connectivity index (χ2n) is 7.58. The van der Waals surface area contributed by atoms with Gasteiger partial charge in [0.1, 0.15) is 0 Å². The summed E-state index contributed by atoms with van der Waals surface area (Å²) in [6, 6.07) is 5.64. The van der Waals surface area contributed by atoms with Gasteiger partial charge in [-0.05, 0) is 44.9 Å². The number of nitrogens with two attached hydrogens (primary N) is 1. The SMILES string of the molecule is CC(=O)Nc1ccc(-c2cnc(C3CCCCC3)s2)c(N)c1.CNC(=O)OC(C)C. The number of nitrogen functional groups attached to an aromatic ring is 1. The molecule has 1 saturated carbocycles. The van der Waals surface area contributed by atoms with Crippen molar-refractivity contribution in [1.29, 1.82) is 0 Å². The Morgan fingerprint density at radius 1 is 1.23 bits per heavy atom. The first-order valence-electron chi connectivity index (χ1n) is 10.3. The Morgan fingerprint density at radius 3 is 2.47 bits per heavy atom. The molecule has 0 atom stereocenters. The number of thiazole rings is 1. The molecular weight excluding hydrogens is 400 g/mol. The van der Waals surface area contributed by atoms with Crippen molar-refractivity contribution in [3.8, 4) is 10.4 Å². The van der Waals surface area contributed by atoms with Gasteiger partial charge in [0.25, 0.3) is 0 Å². The molecule has 7 nitrogen and oxygen atoms in total. The van der Waals surface area contributed by atoms with Crippen molar-refractivity contribution in [2.24, 2.45) is 0 Å². The number of carbonyl (C=O) groups is 2. The highest BCUT2D eigenvalue weighted by molar-refractivity contribution is 7.15. The van der Waals surface area contributed by atoms with Crippen LogP contribution in [0.4, 0.5) is 16.2 Å². The number of nitrogens with one attached hydrogen (secondary N) is 2. The lowest BCUT2D eigenvalue weighted by Crippen LogP contribution is -2.22. The lowest BCUT2D eigenvalue weighted by atomic mass is 9.90. The van der Waals surface area contributed by atoms with E-state index in [1.165, 1.54) is 51.1 Å². The third kappa shape index (κ3) is 7.33. The summed E-state index contributed by atoms with van der Waals surface area (Å²) in [5.41, 5.74) is 8.54. The van der Waals surface area contributed by atoms with Crippen molar-refractivity contribution >= 4 is 34.7 Å². The Kier molecular flexibility index (Phi) is 9.11. The fourth-order valence-corrected chi connectivity index (χ4v) is 4.43. The van der Waals surface area contributed by atoms with Crippen molar-refractivity contribution < 1.29 is 14.3 Å². The fourth-order valence-electron chi connectivity index (χ4n) is 3.29. The molecule has 0 radical (unpaired) electrons. The van der Waals surface area contributed by atoms with Crippen LogP contribution < -0.4 is 16.4 Å². The summed E-state index contributed by atoms with van der Waals surface area (Å²) in [7, 11) is 1.53. The number of ether oxygens (including phenoxy) is 1. The standard InChI is InChI=1S/C17H21N3OS.C5H11NO2/c1-11(21)20-13-7-8-14(15(18)9-13)16-10-19-17(22-16)12-5-3-2-4-6-12;1-4(2)8-5(7)6-3/h7-10,12H,2-6,18H2,1H3,(H,20,21);4H,1-3H3,(H,6,7). The monoisotopic (exact) mass is 432 g/mol. The molecule has 1 aromatic carbocycles. The zero-order chi connectivity index (χ0) is 22.1. The number of hydrogen-bond acceptors (Lipinski definition) is 6. The first kappa shape index (κ1) is 23.7. The first-order chi connectivity index (χ1) is 14.3. The van der Waals surface area contributed by atoms with Crippen molar-refractivity contribution in [3.63, 3.8) is 0 Å². The van der Waals surface area contributed by atoms with Gasteiger partial charge in [0, 0.05) is 43.0 Å². The molecule has 2 aromatic rings. The highest BCUT2D eigenvalue weighted by Crippen LogP contribution is 2.39. The molecule has 0 unspecified atom stereocenters. The van der Waals surface area contributed by atoms with E-state index in [0.29, 0.717) is 11.6 Å².